The molecule has 2 aromatic rings. The number of halogens is 3. The summed E-state index contributed by atoms with van der Waals surface area (Å²) >= 11 is 8.71. The fraction of sp³-hybridized carbons (Fsp3) is 0.286. The monoisotopic (exact) mass is 405 g/mol. The minimum atomic E-state index is -0.121. The Morgan fingerprint density at radius 1 is 1.16 bits per heavy atom. The molecule has 0 aliphatic heterocycles. The van der Waals surface area contributed by atoms with Crippen molar-refractivity contribution in [3.63, 3.8) is 0 Å². The number of rotatable bonds is 3. The second kappa shape index (κ2) is 6.04. The molecule has 102 valence electrons. The zero-order valence-corrected chi connectivity index (χ0v) is 14.8. The van der Waals surface area contributed by atoms with Gasteiger partial charge >= 0.3 is 0 Å². The van der Waals surface area contributed by atoms with Gasteiger partial charge in [-0.15, -0.1) is 11.3 Å². The van der Waals surface area contributed by atoms with Gasteiger partial charge in [-0.3, -0.25) is 0 Å². The molecule has 1 aromatic carbocycles. The standard InChI is InChI=1S/C14H14Br2FNS/c1-7-4-9(5-8(2)12(7)17)13(18-3)10-6-11(15)19-14(10)16/h4-6,13,18H,1-3H3. The van der Waals surface area contributed by atoms with Crippen molar-refractivity contribution in [1.29, 1.82) is 0 Å². The lowest BCUT2D eigenvalue weighted by Crippen LogP contribution is -2.18. The van der Waals surface area contributed by atoms with Crippen LogP contribution in [-0.2, 0) is 0 Å². The molecule has 0 aliphatic rings. The summed E-state index contributed by atoms with van der Waals surface area (Å²) in [5.74, 6) is -0.121. The van der Waals surface area contributed by atoms with Gasteiger partial charge in [0.2, 0.25) is 0 Å². The molecule has 0 amide bonds. The second-order valence-corrected chi connectivity index (χ2v) is 8.22. The third-order valence-electron chi connectivity index (χ3n) is 3.07. The first-order chi connectivity index (χ1) is 8.93. The van der Waals surface area contributed by atoms with Gasteiger partial charge in [-0.25, -0.2) is 4.39 Å². The van der Waals surface area contributed by atoms with Crippen LogP contribution in [0.5, 0.6) is 0 Å². The van der Waals surface area contributed by atoms with E-state index in [0.717, 1.165) is 18.7 Å². The van der Waals surface area contributed by atoms with Crippen LogP contribution in [0.2, 0.25) is 0 Å². The maximum atomic E-state index is 13.7. The lowest BCUT2D eigenvalue weighted by atomic mass is 9.97. The molecule has 19 heavy (non-hydrogen) atoms. The van der Waals surface area contributed by atoms with Gasteiger partial charge in [0, 0.05) is 0 Å². The van der Waals surface area contributed by atoms with E-state index in [1.165, 1.54) is 0 Å². The Balaban J connectivity index is 2.51. The fourth-order valence-electron chi connectivity index (χ4n) is 2.20. The van der Waals surface area contributed by atoms with Gasteiger partial charge < -0.3 is 5.32 Å². The van der Waals surface area contributed by atoms with Gasteiger partial charge in [0.1, 0.15) is 5.82 Å². The maximum Gasteiger partial charge on any atom is 0.129 e. The van der Waals surface area contributed by atoms with Crippen molar-refractivity contribution in [2.24, 2.45) is 0 Å². The first-order valence-electron chi connectivity index (χ1n) is 5.82. The summed E-state index contributed by atoms with van der Waals surface area (Å²) in [7, 11) is 1.91. The fourth-order valence-corrected chi connectivity index (χ4v) is 5.10. The Morgan fingerprint density at radius 2 is 1.74 bits per heavy atom. The van der Waals surface area contributed by atoms with Gasteiger partial charge in [0.25, 0.3) is 0 Å². The topological polar surface area (TPSA) is 12.0 Å². The predicted octanol–water partition coefficient (Wildman–Crippen LogP) is 5.34. The average molecular weight is 407 g/mol. The van der Waals surface area contributed by atoms with Crippen LogP contribution in [0.15, 0.2) is 25.8 Å². The van der Waals surface area contributed by atoms with Crippen LogP contribution >= 0.6 is 43.2 Å². The molecule has 1 unspecified atom stereocenters. The maximum absolute atomic E-state index is 13.7. The minimum absolute atomic E-state index is 0.0509. The van der Waals surface area contributed by atoms with E-state index in [-0.39, 0.29) is 11.9 Å². The minimum Gasteiger partial charge on any atom is -0.309 e. The first kappa shape index (κ1) is 15.2. The van der Waals surface area contributed by atoms with Crippen molar-refractivity contribution in [3.8, 4) is 0 Å². The van der Waals surface area contributed by atoms with E-state index in [2.05, 4.69) is 43.2 Å². The zero-order valence-electron chi connectivity index (χ0n) is 10.9. The largest absolute Gasteiger partial charge is 0.309 e. The average Bonchev–Trinajstić information content (AvgIpc) is 2.66. The number of hydrogen-bond donors (Lipinski definition) is 1. The molecule has 5 heteroatoms. The molecule has 0 aliphatic carbocycles. The normalized spacial score (nSPS) is 12.7. The summed E-state index contributed by atoms with van der Waals surface area (Å²) < 4.78 is 15.9. The molecule has 0 saturated heterocycles. The number of nitrogens with one attached hydrogen (secondary N) is 1. The number of thiophene rings is 1. The van der Waals surface area contributed by atoms with E-state index < -0.39 is 0 Å². The van der Waals surface area contributed by atoms with Crippen molar-refractivity contribution in [1.82, 2.24) is 5.32 Å². The smallest absolute Gasteiger partial charge is 0.129 e. The van der Waals surface area contributed by atoms with Gasteiger partial charge in [-0.05, 0) is 81.1 Å². The molecular formula is C14H14Br2FNS. The Bertz CT molecular complexity index is 586. The number of hydrogen-bond acceptors (Lipinski definition) is 2. The molecule has 0 radical (unpaired) electrons. The molecule has 1 heterocycles. The molecule has 1 atom stereocenters. The van der Waals surface area contributed by atoms with E-state index in [4.69, 9.17) is 0 Å². The summed E-state index contributed by atoms with van der Waals surface area (Å²) in [5, 5.41) is 3.30. The van der Waals surface area contributed by atoms with Crippen molar-refractivity contribution >= 4 is 43.2 Å². The van der Waals surface area contributed by atoms with E-state index >= 15 is 0 Å². The van der Waals surface area contributed by atoms with Crippen molar-refractivity contribution < 1.29 is 4.39 Å². The summed E-state index contributed by atoms with van der Waals surface area (Å²) in [6.45, 7) is 3.61. The van der Waals surface area contributed by atoms with Crippen molar-refractivity contribution in [2.45, 2.75) is 19.9 Å². The third-order valence-corrected chi connectivity index (χ3v) is 5.46. The van der Waals surface area contributed by atoms with E-state index in [0.29, 0.717) is 11.1 Å². The molecule has 2 rings (SSSR count). The highest BCUT2D eigenvalue weighted by Crippen LogP contribution is 2.38. The summed E-state index contributed by atoms with van der Waals surface area (Å²) in [5.41, 5.74) is 3.59. The van der Waals surface area contributed by atoms with Crippen LogP contribution in [0.25, 0.3) is 0 Å². The van der Waals surface area contributed by atoms with E-state index in [1.807, 2.05) is 19.2 Å². The molecule has 1 N–H and O–H groups in total. The highest BCUT2D eigenvalue weighted by molar-refractivity contribution is 9.12. The summed E-state index contributed by atoms with van der Waals surface area (Å²) in [4.78, 5) is 0. The quantitative estimate of drug-likeness (QED) is 0.725. The highest BCUT2D eigenvalue weighted by Gasteiger charge is 2.19. The van der Waals surface area contributed by atoms with Crippen LogP contribution in [0.1, 0.15) is 28.3 Å². The summed E-state index contributed by atoms with van der Waals surface area (Å²) in [6, 6.07) is 5.95. The van der Waals surface area contributed by atoms with E-state index in [1.54, 1.807) is 25.2 Å². The highest BCUT2D eigenvalue weighted by atomic mass is 79.9. The van der Waals surface area contributed by atoms with Crippen LogP contribution in [-0.4, -0.2) is 7.05 Å². The Morgan fingerprint density at radius 3 is 2.16 bits per heavy atom. The van der Waals surface area contributed by atoms with Gasteiger partial charge in [0.15, 0.2) is 0 Å². The van der Waals surface area contributed by atoms with Gasteiger partial charge in [-0.2, -0.15) is 0 Å². The Hall–Kier alpha value is -0.230. The predicted molar refractivity (Wildman–Crippen MR) is 86.5 cm³/mol. The molecule has 0 spiro atoms. The molecule has 0 saturated carbocycles. The lowest BCUT2D eigenvalue weighted by molar-refractivity contribution is 0.604. The van der Waals surface area contributed by atoms with E-state index in [9.17, 15) is 4.39 Å². The Labute approximate surface area is 133 Å². The molecule has 1 aromatic heterocycles. The molecule has 0 bridgehead atoms. The summed E-state index contributed by atoms with van der Waals surface area (Å²) in [6.07, 6.45) is 0. The lowest BCUT2D eigenvalue weighted by Gasteiger charge is -2.18. The number of aryl methyl sites for hydroxylation is 2. The van der Waals surface area contributed by atoms with Crippen LogP contribution in [0, 0.1) is 19.7 Å². The molecule has 0 fully saturated rings. The molecular weight excluding hydrogens is 393 g/mol. The van der Waals surface area contributed by atoms with Crippen LogP contribution in [0.4, 0.5) is 4.39 Å². The SMILES string of the molecule is CNC(c1cc(C)c(F)c(C)c1)c1cc(Br)sc1Br. The van der Waals surface area contributed by atoms with Gasteiger partial charge in [-0.1, -0.05) is 12.1 Å². The van der Waals surface area contributed by atoms with Gasteiger partial charge in [0.05, 0.1) is 13.6 Å². The zero-order chi connectivity index (χ0) is 14.2. The van der Waals surface area contributed by atoms with Crippen molar-refractivity contribution in [3.05, 3.63) is 53.8 Å². The molecule has 1 nitrogen and oxygen atoms in total. The third kappa shape index (κ3) is 3.10. The second-order valence-electron chi connectivity index (χ2n) is 4.47. The first-order valence-corrected chi connectivity index (χ1v) is 8.23. The number of benzene rings is 1. The Kier molecular flexibility index (Phi) is 4.82. The van der Waals surface area contributed by atoms with Crippen molar-refractivity contribution in [2.75, 3.05) is 7.05 Å². The van der Waals surface area contributed by atoms with Crippen LogP contribution in [0.3, 0.4) is 0 Å². The van der Waals surface area contributed by atoms with Crippen LogP contribution < -0.4 is 5.32 Å².